The van der Waals surface area contributed by atoms with Crippen LogP contribution in [0.5, 0.6) is 23.0 Å². The molecular formula is C42H50O12S. The maximum Gasteiger partial charge on any atom is 0.335 e. The van der Waals surface area contributed by atoms with Crippen LogP contribution >= 0.6 is 12.2 Å². The van der Waals surface area contributed by atoms with Gasteiger partial charge in [-0.1, -0.05) is 48.5 Å². The van der Waals surface area contributed by atoms with Crippen molar-refractivity contribution >= 4 is 23.2 Å². The fraction of sp³-hybridized carbons (Fsp3) is 0.381. The molecule has 0 aliphatic rings. The Hall–Kier alpha value is -4.76. The van der Waals surface area contributed by atoms with Gasteiger partial charge in [0.25, 0.3) is 0 Å². The second-order valence-electron chi connectivity index (χ2n) is 13.0. The molecule has 13 heteroatoms. The summed E-state index contributed by atoms with van der Waals surface area (Å²) >= 11 is 5.52. The Morgan fingerprint density at radius 3 is 1.07 bits per heavy atom. The molecule has 0 bridgehead atoms. The van der Waals surface area contributed by atoms with Crippen LogP contribution in [0, 0.1) is 0 Å². The predicted octanol–water partition coefficient (Wildman–Crippen LogP) is 4.12. The lowest BCUT2D eigenvalue weighted by Crippen LogP contribution is -2.35. The van der Waals surface area contributed by atoms with E-state index in [4.69, 9.17) is 61.1 Å². The van der Waals surface area contributed by atoms with Gasteiger partial charge >= 0.3 is 5.97 Å². The van der Waals surface area contributed by atoms with E-state index in [2.05, 4.69) is 0 Å². The van der Waals surface area contributed by atoms with Crippen LogP contribution in [0.4, 0.5) is 0 Å². The van der Waals surface area contributed by atoms with Crippen LogP contribution in [0.3, 0.4) is 0 Å². The lowest BCUT2D eigenvalue weighted by Gasteiger charge is -2.32. The number of esters is 1. The highest BCUT2D eigenvalue weighted by molar-refractivity contribution is 7.80. The van der Waals surface area contributed by atoms with Gasteiger partial charge in [-0.2, -0.15) is 0 Å². The molecule has 55 heavy (non-hydrogen) atoms. The summed E-state index contributed by atoms with van der Waals surface area (Å²) in [7, 11) is 0. The molecule has 0 aliphatic heterocycles. The Kier molecular flexibility index (Phi) is 16.7. The van der Waals surface area contributed by atoms with E-state index in [-0.39, 0.29) is 77.5 Å². The predicted molar refractivity (Wildman–Crippen MR) is 209 cm³/mol. The topological polar surface area (TPSA) is 174 Å². The van der Waals surface area contributed by atoms with Gasteiger partial charge in [-0.25, -0.2) is 4.79 Å². The molecule has 0 amide bonds. The second kappa shape index (κ2) is 21.4. The van der Waals surface area contributed by atoms with Crippen molar-refractivity contribution in [2.24, 2.45) is 0 Å². The number of carbonyl (C=O) groups excluding carboxylic acids is 1. The summed E-state index contributed by atoms with van der Waals surface area (Å²) in [5, 5.41) is 47.5. The van der Waals surface area contributed by atoms with E-state index in [0.717, 1.165) is 22.3 Å². The van der Waals surface area contributed by atoms with E-state index in [1.54, 1.807) is 48.5 Å². The summed E-state index contributed by atoms with van der Waals surface area (Å²) in [6.45, 7) is 3.98. The molecule has 4 rings (SSSR count). The van der Waals surface area contributed by atoms with E-state index >= 15 is 0 Å². The minimum atomic E-state index is -1.60. The monoisotopic (exact) mass is 778 g/mol. The van der Waals surface area contributed by atoms with Gasteiger partial charge in [0.15, 0.2) is 11.2 Å². The molecular weight excluding hydrogens is 729 g/mol. The summed E-state index contributed by atoms with van der Waals surface area (Å²) in [5.74, 6) is 1.45. The summed E-state index contributed by atoms with van der Waals surface area (Å²) in [5.41, 5.74) is 1.73. The first-order valence-corrected chi connectivity index (χ1v) is 18.3. The third kappa shape index (κ3) is 12.1. The van der Waals surface area contributed by atoms with Gasteiger partial charge in [0, 0.05) is 0 Å². The third-order valence-corrected chi connectivity index (χ3v) is 9.35. The average Bonchev–Trinajstić information content (AvgIpc) is 3.22. The molecule has 0 fully saturated rings. The Bertz CT molecular complexity index is 1640. The van der Waals surface area contributed by atoms with Crippen molar-refractivity contribution in [3.8, 4) is 23.0 Å². The first-order valence-electron chi connectivity index (χ1n) is 17.9. The lowest BCUT2D eigenvalue weighted by molar-refractivity contribution is -0.154. The SMILES string of the molecule is CC(COC(=O)C(O)CC(=S)OCC(C)(c1ccc(OCCO)cc1)c1ccc(OCCO)cc1)(c1ccc(OCCO)cc1)c1ccc(OCCO)cc1. The standard InChI is InChI=1S/C42H50O12S/c1-41(30-3-11-34(12-4-30)49-23-19-43,31-5-13-35(14-6-31)50-24-20-44)28-53-39(55)27-38(47)40(48)54-29-42(2,32-7-15-36(16-8-32)51-25-21-45)33-9-17-37(18-10-33)52-26-22-46/h3-18,38,43-47H,19-29H2,1-2H3. The number of benzene rings is 4. The van der Waals surface area contributed by atoms with Crippen molar-refractivity contribution < 1.29 is 58.7 Å². The molecule has 1 atom stereocenters. The van der Waals surface area contributed by atoms with Crippen LogP contribution in [-0.4, -0.2) is 109 Å². The number of hydrogen-bond donors (Lipinski definition) is 5. The molecule has 1 unspecified atom stereocenters. The van der Waals surface area contributed by atoms with Crippen molar-refractivity contribution in [1.29, 1.82) is 0 Å². The first kappa shape index (κ1) is 43.0. The number of carbonyl (C=O) groups is 1. The number of aliphatic hydroxyl groups is 5. The van der Waals surface area contributed by atoms with Gasteiger partial charge in [0.2, 0.25) is 0 Å². The quantitative estimate of drug-likeness (QED) is 0.0538. The van der Waals surface area contributed by atoms with Gasteiger partial charge in [-0.05, 0) is 96.9 Å². The van der Waals surface area contributed by atoms with E-state index in [1.807, 2.05) is 62.4 Å². The zero-order valence-corrected chi connectivity index (χ0v) is 31.9. The van der Waals surface area contributed by atoms with E-state index in [9.17, 15) is 9.90 Å². The highest BCUT2D eigenvalue weighted by atomic mass is 32.1. The number of rotatable bonds is 23. The molecule has 0 aliphatic carbocycles. The molecule has 12 nitrogen and oxygen atoms in total. The Morgan fingerprint density at radius 1 is 0.527 bits per heavy atom. The smallest absolute Gasteiger partial charge is 0.335 e. The van der Waals surface area contributed by atoms with Crippen LogP contribution in [0.2, 0.25) is 0 Å². The Morgan fingerprint density at radius 2 is 0.800 bits per heavy atom. The van der Waals surface area contributed by atoms with Gasteiger partial charge < -0.3 is 54.0 Å². The summed E-state index contributed by atoms with van der Waals surface area (Å²) < 4.78 is 33.9. The summed E-state index contributed by atoms with van der Waals surface area (Å²) in [6.07, 6.45) is -1.88. The van der Waals surface area contributed by atoms with Crippen molar-refractivity contribution in [1.82, 2.24) is 0 Å². The number of hydrogen-bond acceptors (Lipinski definition) is 13. The van der Waals surface area contributed by atoms with Gasteiger partial charge in [-0.15, -0.1) is 0 Å². The van der Waals surface area contributed by atoms with E-state index < -0.39 is 22.9 Å². The summed E-state index contributed by atoms with van der Waals surface area (Å²) in [4.78, 5) is 13.3. The van der Waals surface area contributed by atoms with Crippen LogP contribution in [0.25, 0.3) is 0 Å². The fourth-order valence-electron chi connectivity index (χ4n) is 5.83. The largest absolute Gasteiger partial charge is 0.491 e. The fourth-order valence-corrected chi connectivity index (χ4v) is 6.05. The molecule has 0 aromatic heterocycles. The molecule has 5 N–H and O–H groups in total. The van der Waals surface area contributed by atoms with Crippen molar-refractivity contribution in [3.63, 3.8) is 0 Å². The molecule has 0 saturated heterocycles. The molecule has 0 saturated carbocycles. The van der Waals surface area contributed by atoms with E-state index in [0.29, 0.717) is 23.0 Å². The van der Waals surface area contributed by atoms with Gasteiger partial charge in [-0.3, -0.25) is 0 Å². The van der Waals surface area contributed by atoms with Gasteiger partial charge in [0.05, 0.1) is 43.7 Å². The molecule has 296 valence electrons. The first-order chi connectivity index (χ1) is 26.6. The van der Waals surface area contributed by atoms with Crippen LogP contribution in [-0.2, 0) is 25.1 Å². The van der Waals surface area contributed by atoms with Crippen molar-refractivity contribution in [3.05, 3.63) is 119 Å². The Labute approximate surface area is 326 Å². The lowest BCUT2D eigenvalue weighted by atomic mass is 9.77. The highest BCUT2D eigenvalue weighted by Crippen LogP contribution is 2.36. The zero-order valence-electron chi connectivity index (χ0n) is 31.1. The normalized spacial score (nSPS) is 12.1. The minimum Gasteiger partial charge on any atom is -0.491 e. The third-order valence-electron chi connectivity index (χ3n) is 9.06. The van der Waals surface area contributed by atoms with Crippen molar-refractivity contribution in [2.45, 2.75) is 37.2 Å². The number of thiocarbonyl (C=S) groups is 1. The second-order valence-corrected chi connectivity index (χ2v) is 13.5. The summed E-state index contributed by atoms with van der Waals surface area (Å²) in [6, 6.07) is 29.2. The zero-order chi connectivity index (χ0) is 39.7. The number of ether oxygens (including phenoxy) is 6. The highest BCUT2D eigenvalue weighted by Gasteiger charge is 2.34. The molecule has 4 aromatic rings. The van der Waals surface area contributed by atoms with Gasteiger partial charge in [0.1, 0.15) is 62.6 Å². The Balaban J connectivity index is 1.46. The van der Waals surface area contributed by atoms with Crippen LogP contribution in [0.15, 0.2) is 97.1 Å². The average molecular weight is 779 g/mol. The van der Waals surface area contributed by atoms with Crippen LogP contribution in [0.1, 0.15) is 42.5 Å². The van der Waals surface area contributed by atoms with Crippen LogP contribution < -0.4 is 18.9 Å². The van der Waals surface area contributed by atoms with E-state index in [1.165, 1.54) is 0 Å². The maximum absolute atomic E-state index is 13.3. The molecule has 0 spiro atoms. The number of aliphatic hydroxyl groups excluding tert-OH is 5. The molecule has 4 aromatic carbocycles. The molecule has 0 heterocycles. The minimum absolute atomic E-state index is 0.0150. The molecule has 0 radical (unpaired) electrons. The maximum atomic E-state index is 13.3. The van der Waals surface area contributed by atoms with Crippen molar-refractivity contribution in [2.75, 3.05) is 66.1 Å².